The molecule has 0 aliphatic carbocycles. The molecule has 0 radical (unpaired) electrons. The van der Waals surface area contributed by atoms with Crippen molar-refractivity contribution in [1.82, 2.24) is 24.9 Å². The zero-order valence-corrected chi connectivity index (χ0v) is 31.4. The maximum atomic E-state index is 13.7. The van der Waals surface area contributed by atoms with E-state index in [1.54, 1.807) is 6.92 Å². The number of amides is 2. The van der Waals surface area contributed by atoms with E-state index < -0.39 is 90.6 Å². The second-order valence-electron chi connectivity index (χ2n) is 11.1. The fraction of sp³-hybridized carbons (Fsp3) is 0.111. The molecule has 0 aliphatic heterocycles. The Hall–Kier alpha value is -5.55. The largest absolute Gasteiger partial charge is 0.364 e. The Labute approximate surface area is 323 Å². The van der Waals surface area contributed by atoms with Crippen molar-refractivity contribution in [3.8, 4) is 0 Å². The Morgan fingerprint density at radius 2 is 1.50 bits per heavy atom. The van der Waals surface area contributed by atoms with E-state index in [9.17, 15) is 52.5 Å². The third kappa shape index (κ3) is 10.2. The maximum Gasteiger partial charge on any atom is 0.316 e. The SMILES string of the molecule is CC(CNc1nc(Cl)nc(Nc2ccc(N=Nc3cc4c(S(=O)(=O)O)cc(S(=O)(=O)O)cc4cc3S(=O)(=O)O)c(NC(N)=O)c2)n1)Nc1nc(F)nc(F)c1Cl. The average Bonchev–Trinajstić information content (AvgIpc) is 3.06. The first-order chi connectivity index (χ1) is 26.0. The molecule has 5 rings (SSSR count). The van der Waals surface area contributed by atoms with E-state index in [4.69, 9.17) is 28.9 Å². The molecule has 2 heterocycles. The molecule has 296 valence electrons. The molecule has 0 fully saturated rings. The molecule has 56 heavy (non-hydrogen) atoms. The van der Waals surface area contributed by atoms with Gasteiger partial charge in [0.1, 0.15) is 26.2 Å². The predicted octanol–water partition coefficient (Wildman–Crippen LogP) is 4.70. The third-order valence-electron chi connectivity index (χ3n) is 6.94. The number of rotatable bonds is 13. The molecule has 22 nitrogen and oxygen atoms in total. The van der Waals surface area contributed by atoms with Crippen molar-refractivity contribution in [2.24, 2.45) is 16.0 Å². The first kappa shape index (κ1) is 41.6. The molecule has 29 heteroatoms. The van der Waals surface area contributed by atoms with Gasteiger partial charge in [-0.05, 0) is 66.4 Å². The number of urea groups is 1. The molecule has 0 saturated carbocycles. The number of fused-ring (bicyclic) bond motifs is 1. The van der Waals surface area contributed by atoms with Gasteiger partial charge in [0.2, 0.25) is 23.1 Å². The van der Waals surface area contributed by atoms with E-state index >= 15 is 0 Å². The Kier molecular flexibility index (Phi) is 11.8. The van der Waals surface area contributed by atoms with Crippen LogP contribution in [0.15, 0.2) is 67.4 Å². The van der Waals surface area contributed by atoms with Gasteiger partial charge < -0.3 is 27.0 Å². The standard InChI is InChI=1S/C27H22Cl2F2N12O10S3/c1-10(34-22-20(28)21(30)37-24(31)38-22)9-33-26-39-23(29)40-27(41-26)35-12-2-3-15(16(6-12)36-25(32)44)42-43-17-8-14-11(5-19(17)56(51,52)53)4-13(54(45,46)47)7-18(14)55(48,49)50/h2-8,10H,9H2,1H3,(H3,32,36,44)(H,34,37,38)(H,45,46,47)(H,48,49,50)(H,51,52,53)(H2,33,35,39,40,41). The summed E-state index contributed by atoms with van der Waals surface area (Å²) in [7, 11) is -15.5. The summed E-state index contributed by atoms with van der Waals surface area (Å²) in [5.41, 5.74) is 4.38. The van der Waals surface area contributed by atoms with Crippen LogP contribution in [0.25, 0.3) is 10.8 Å². The molecular formula is C27H22Cl2F2N12O10S3. The van der Waals surface area contributed by atoms with Crippen molar-refractivity contribution >= 4 is 111 Å². The van der Waals surface area contributed by atoms with Crippen LogP contribution in [0.2, 0.25) is 10.3 Å². The highest BCUT2D eigenvalue weighted by atomic mass is 35.5. The number of hydrogen-bond donors (Lipinski definition) is 8. The van der Waals surface area contributed by atoms with Crippen LogP contribution in [0.5, 0.6) is 0 Å². The summed E-state index contributed by atoms with van der Waals surface area (Å²) in [5.74, 6) is -1.77. The fourth-order valence-electron chi connectivity index (χ4n) is 4.64. The molecule has 0 aliphatic rings. The van der Waals surface area contributed by atoms with Gasteiger partial charge >= 0.3 is 12.1 Å². The Morgan fingerprint density at radius 3 is 2.14 bits per heavy atom. The van der Waals surface area contributed by atoms with Crippen LogP contribution in [0.1, 0.15) is 6.92 Å². The zero-order valence-electron chi connectivity index (χ0n) is 27.5. The molecule has 0 bridgehead atoms. The smallest absolute Gasteiger partial charge is 0.316 e. The number of azo groups is 1. The number of hydrogen-bond acceptors (Lipinski definition) is 17. The first-order valence-electron chi connectivity index (χ1n) is 14.7. The van der Waals surface area contributed by atoms with Gasteiger partial charge in [0.05, 0.1) is 10.6 Å². The Balaban J connectivity index is 1.44. The molecular weight excluding hydrogens is 857 g/mol. The molecule has 0 spiro atoms. The monoisotopic (exact) mass is 878 g/mol. The number of nitrogens with two attached hydrogens (primary N) is 1. The molecule has 1 atom stereocenters. The summed E-state index contributed by atoms with van der Waals surface area (Å²) >= 11 is 11.9. The van der Waals surface area contributed by atoms with Crippen molar-refractivity contribution in [3.05, 3.63) is 64.8 Å². The topological polar surface area (TPSA) is 343 Å². The molecule has 0 saturated heterocycles. The predicted molar refractivity (Wildman–Crippen MR) is 194 cm³/mol. The van der Waals surface area contributed by atoms with Crippen LogP contribution >= 0.6 is 23.2 Å². The minimum atomic E-state index is -5.21. The Bertz CT molecular complexity index is 2790. The first-order valence-corrected chi connectivity index (χ1v) is 19.8. The van der Waals surface area contributed by atoms with Crippen molar-refractivity contribution in [1.29, 1.82) is 0 Å². The maximum absolute atomic E-state index is 13.7. The lowest BCUT2D eigenvalue weighted by atomic mass is 10.1. The number of benzene rings is 3. The Morgan fingerprint density at radius 1 is 0.839 bits per heavy atom. The molecule has 2 amide bonds. The highest BCUT2D eigenvalue weighted by molar-refractivity contribution is 7.87. The number of anilines is 5. The van der Waals surface area contributed by atoms with E-state index in [0.29, 0.717) is 18.2 Å². The van der Waals surface area contributed by atoms with E-state index in [-0.39, 0.29) is 46.6 Å². The second-order valence-corrected chi connectivity index (χ2v) is 16.0. The summed E-state index contributed by atoms with van der Waals surface area (Å²) in [6.45, 7) is 1.65. The quantitative estimate of drug-likeness (QED) is 0.0344. The van der Waals surface area contributed by atoms with Crippen LogP contribution in [0.4, 0.5) is 54.0 Å². The normalized spacial score (nSPS) is 12.8. The molecule has 3 aromatic carbocycles. The lowest BCUT2D eigenvalue weighted by molar-refractivity contribution is 0.259. The highest BCUT2D eigenvalue weighted by Gasteiger charge is 2.25. The summed E-state index contributed by atoms with van der Waals surface area (Å²) in [4.78, 5) is 27.1. The lowest BCUT2D eigenvalue weighted by Crippen LogP contribution is -2.27. The summed E-state index contributed by atoms with van der Waals surface area (Å²) < 4.78 is 129. The van der Waals surface area contributed by atoms with E-state index in [1.165, 1.54) is 18.2 Å². The number of carbonyl (C=O) groups is 1. The minimum Gasteiger partial charge on any atom is -0.364 e. The average molecular weight is 880 g/mol. The summed E-state index contributed by atoms with van der Waals surface area (Å²) in [6.07, 6.45) is -1.34. The van der Waals surface area contributed by atoms with Gasteiger partial charge in [-0.3, -0.25) is 13.7 Å². The van der Waals surface area contributed by atoms with Gasteiger partial charge in [0.15, 0.2) is 5.82 Å². The number of carbonyl (C=O) groups excluding carboxylic acids is 1. The number of nitrogens with one attached hydrogen (secondary N) is 4. The summed E-state index contributed by atoms with van der Waals surface area (Å²) in [6, 6.07) is 4.60. The number of primary amides is 1. The summed E-state index contributed by atoms with van der Waals surface area (Å²) in [5, 5.41) is 16.5. The van der Waals surface area contributed by atoms with Crippen LogP contribution in [0, 0.1) is 12.0 Å². The lowest BCUT2D eigenvalue weighted by Gasteiger charge is -2.16. The van der Waals surface area contributed by atoms with Gasteiger partial charge in [0.25, 0.3) is 30.4 Å². The van der Waals surface area contributed by atoms with Crippen LogP contribution in [-0.4, -0.2) is 82.4 Å². The second kappa shape index (κ2) is 15.9. The zero-order chi connectivity index (χ0) is 41.3. The van der Waals surface area contributed by atoms with E-state index in [2.05, 4.69) is 56.4 Å². The molecule has 5 aromatic rings. The van der Waals surface area contributed by atoms with E-state index in [0.717, 1.165) is 6.07 Å². The van der Waals surface area contributed by atoms with Crippen molar-refractivity contribution in [3.63, 3.8) is 0 Å². The van der Waals surface area contributed by atoms with Crippen LogP contribution in [0.3, 0.4) is 0 Å². The molecule has 9 N–H and O–H groups in total. The highest BCUT2D eigenvalue weighted by Crippen LogP contribution is 2.37. The van der Waals surface area contributed by atoms with Gasteiger partial charge in [0, 0.05) is 23.7 Å². The van der Waals surface area contributed by atoms with Crippen molar-refractivity contribution in [2.45, 2.75) is 27.7 Å². The number of aromatic nitrogens is 5. The van der Waals surface area contributed by atoms with Gasteiger partial charge in [-0.1, -0.05) is 11.6 Å². The number of halogens is 4. The van der Waals surface area contributed by atoms with Crippen LogP contribution in [-0.2, 0) is 30.4 Å². The van der Waals surface area contributed by atoms with Gasteiger partial charge in [-0.15, -0.1) is 10.2 Å². The van der Waals surface area contributed by atoms with Gasteiger partial charge in [-0.2, -0.15) is 59.0 Å². The van der Waals surface area contributed by atoms with Crippen molar-refractivity contribution in [2.75, 3.05) is 27.8 Å². The molecule has 2 aromatic heterocycles. The van der Waals surface area contributed by atoms with E-state index in [1.807, 2.05) is 0 Å². The number of nitrogens with zero attached hydrogens (tertiary/aromatic N) is 7. The molecule has 1 unspecified atom stereocenters. The minimum absolute atomic E-state index is 0.0367. The fourth-order valence-corrected chi connectivity index (χ4v) is 6.93. The van der Waals surface area contributed by atoms with Crippen molar-refractivity contribution < 1.29 is 52.5 Å². The van der Waals surface area contributed by atoms with Crippen LogP contribution < -0.4 is 27.0 Å². The van der Waals surface area contributed by atoms with Gasteiger partial charge in [-0.25, -0.2) is 4.79 Å². The third-order valence-corrected chi connectivity index (χ3v) is 10.1.